The summed E-state index contributed by atoms with van der Waals surface area (Å²) in [5, 5.41) is 8.95. The highest BCUT2D eigenvalue weighted by Gasteiger charge is 1.99. The van der Waals surface area contributed by atoms with Crippen LogP contribution < -0.4 is 4.74 Å². The summed E-state index contributed by atoms with van der Waals surface area (Å²) in [4.78, 5) is 4.13. The number of nitrogens with zero attached hydrogens (tertiary/aromatic N) is 1. The minimum absolute atomic E-state index is 0.0795. The van der Waals surface area contributed by atoms with E-state index in [0.717, 1.165) is 9.32 Å². The van der Waals surface area contributed by atoms with Crippen molar-refractivity contribution in [3.8, 4) is 11.6 Å². The molecule has 0 atom stereocenters. The van der Waals surface area contributed by atoms with Gasteiger partial charge in [0.15, 0.2) is 0 Å². The topological polar surface area (TPSA) is 42.4 Å². The third kappa shape index (κ3) is 2.93. The van der Waals surface area contributed by atoms with Crippen LogP contribution in [0.15, 0.2) is 42.5 Å². The standard InChI is InChI=1S/C12H10INO2/c13-9-4-6-11(7-5-9)16-12-3-1-2-10(8-15)14-12/h1-7,15H,8H2. The number of hydrogen-bond donors (Lipinski definition) is 1. The Balaban J connectivity index is 2.16. The molecule has 4 heteroatoms. The van der Waals surface area contributed by atoms with Gasteiger partial charge in [-0.3, -0.25) is 0 Å². The molecule has 0 bridgehead atoms. The van der Waals surface area contributed by atoms with Crippen molar-refractivity contribution in [3.63, 3.8) is 0 Å². The molecule has 3 nitrogen and oxygen atoms in total. The van der Waals surface area contributed by atoms with Crippen LogP contribution in [0, 0.1) is 3.57 Å². The van der Waals surface area contributed by atoms with Crippen molar-refractivity contribution >= 4 is 22.6 Å². The third-order valence-electron chi connectivity index (χ3n) is 1.98. The van der Waals surface area contributed by atoms with Crippen molar-refractivity contribution in [3.05, 3.63) is 51.7 Å². The Morgan fingerprint density at radius 3 is 2.56 bits per heavy atom. The van der Waals surface area contributed by atoms with Crippen LogP contribution in [0.2, 0.25) is 0 Å². The summed E-state index contributed by atoms with van der Waals surface area (Å²) in [5.74, 6) is 1.23. The van der Waals surface area contributed by atoms with E-state index in [-0.39, 0.29) is 6.61 Å². The number of aliphatic hydroxyl groups excluding tert-OH is 1. The van der Waals surface area contributed by atoms with Crippen LogP contribution in [0.5, 0.6) is 11.6 Å². The van der Waals surface area contributed by atoms with Crippen LogP contribution in [-0.2, 0) is 6.61 Å². The van der Waals surface area contributed by atoms with Crippen LogP contribution in [-0.4, -0.2) is 10.1 Å². The van der Waals surface area contributed by atoms with Gasteiger partial charge in [-0.25, -0.2) is 4.98 Å². The fourth-order valence-corrected chi connectivity index (χ4v) is 1.59. The summed E-state index contributed by atoms with van der Waals surface area (Å²) >= 11 is 2.23. The molecule has 1 aromatic heterocycles. The average Bonchev–Trinajstić information content (AvgIpc) is 2.32. The summed E-state index contributed by atoms with van der Waals surface area (Å²) in [7, 11) is 0. The molecule has 0 aliphatic carbocycles. The first-order valence-corrected chi connectivity index (χ1v) is 5.86. The zero-order valence-electron chi connectivity index (χ0n) is 8.43. The highest BCUT2D eigenvalue weighted by atomic mass is 127. The lowest BCUT2D eigenvalue weighted by Crippen LogP contribution is -1.92. The molecule has 0 amide bonds. The molecule has 0 aliphatic rings. The largest absolute Gasteiger partial charge is 0.439 e. The van der Waals surface area contributed by atoms with E-state index in [9.17, 15) is 0 Å². The first kappa shape index (κ1) is 11.3. The van der Waals surface area contributed by atoms with Gasteiger partial charge in [0.05, 0.1) is 12.3 Å². The van der Waals surface area contributed by atoms with Crippen LogP contribution in [0.4, 0.5) is 0 Å². The van der Waals surface area contributed by atoms with Gasteiger partial charge in [-0.2, -0.15) is 0 Å². The predicted octanol–water partition coefficient (Wildman–Crippen LogP) is 2.97. The molecule has 16 heavy (non-hydrogen) atoms. The van der Waals surface area contributed by atoms with Crippen molar-refractivity contribution in [2.75, 3.05) is 0 Å². The lowest BCUT2D eigenvalue weighted by Gasteiger charge is -2.05. The Morgan fingerprint density at radius 1 is 1.12 bits per heavy atom. The van der Waals surface area contributed by atoms with Gasteiger partial charge in [0.2, 0.25) is 5.88 Å². The Morgan fingerprint density at radius 2 is 1.88 bits per heavy atom. The molecule has 0 radical (unpaired) electrons. The van der Waals surface area contributed by atoms with Gasteiger partial charge in [0.1, 0.15) is 5.75 Å². The molecule has 1 heterocycles. The van der Waals surface area contributed by atoms with Gasteiger partial charge in [-0.15, -0.1) is 0 Å². The maximum absolute atomic E-state index is 8.95. The number of hydrogen-bond acceptors (Lipinski definition) is 3. The summed E-state index contributed by atoms with van der Waals surface area (Å²) < 4.78 is 6.70. The molecule has 2 aromatic rings. The highest BCUT2D eigenvalue weighted by molar-refractivity contribution is 14.1. The minimum atomic E-state index is -0.0795. The van der Waals surface area contributed by atoms with Crippen molar-refractivity contribution in [2.45, 2.75) is 6.61 Å². The molecule has 0 aliphatic heterocycles. The Hall–Kier alpha value is -1.14. The minimum Gasteiger partial charge on any atom is -0.439 e. The maximum Gasteiger partial charge on any atom is 0.219 e. The van der Waals surface area contributed by atoms with E-state index in [2.05, 4.69) is 27.6 Å². The van der Waals surface area contributed by atoms with E-state index in [1.54, 1.807) is 18.2 Å². The van der Waals surface area contributed by atoms with Gasteiger partial charge in [-0.05, 0) is 52.9 Å². The molecule has 2 rings (SSSR count). The van der Waals surface area contributed by atoms with E-state index in [1.807, 2.05) is 24.3 Å². The zero-order chi connectivity index (χ0) is 11.4. The summed E-state index contributed by atoms with van der Waals surface area (Å²) in [6.07, 6.45) is 0. The lowest BCUT2D eigenvalue weighted by atomic mass is 10.3. The number of halogens is 1. The Labute approximate surface area is 107 Å². The molecular formula is C12H10INO2. The Bertz CT molecular complexity index is 471. The van der Waals surface area contributed by atoms with E-state index in [1.165, 1.54) is 0 Å². The molecule has 0 fully saturated rings. The van der Waals surface area contributed by atoms with Crippen molar-refractivity contribution < 1.29 is 9.84 Å². The van der Waals surface area contributed by atoms with Crippen molar-refractivity contribution in [1.82, 2.24) is 4.98 Å². The predicted molar refractivity (Wildman–Crippen MR) is 69.4 cm³/mol. The fraction of sp³-hybridized carbons (Fsp3) is 0.0833. The van der Waals surface area contributed by atoms with Gasteiger partial charge >= 0.3 is 0 Å². The molecule has 0 saturated heterocycles. The van der Waals surface area contributed by atoms with Gasteiger partial charge in [-0.1, -0.05) is 6.07 Å². The first-order chi connectivity index (χ1) is 7.78. The van der Waals surface area contributed by atoms with E-state index < -0.39 is 0 Å². The SMILES string of the molecule is OCc1cccc(Oc2ccc(I)cc2)n1. The maximum atomic E-state index is 8.95. The molecule has 82 valence electrons. The molecule has 1 aromatic carbocycles. The molecule has 0 saturated carbocycles. The highest BCUT2D eigenvalue weighted by Crippen LogP contribution is 2.20. The van der Waals surface area contributed by atoms with Crippen molar-refractivity contribution in [1.29, 1.82) is 0 Å². The van der Waals surface area contributed by atoms with Gasteiger partial charge in [0, 0.05) is 9.64 Å². The smallest absolute Gasteiger partial charge is 0.219 e. The molecule has 0 spiro atoms. The molecular weight excluding hydrogens is 317 g/mol. The van der Waals surface area contributed by atoms with Crippen LogP contribution in [0.25, 0.3) is 0 Å². The van der Waals surface area contributed by atoms with E-state index in [0.29, 0.717) is 11.6 Å². The van der Waals surface area contributed by atoms with E-state index >= 15 is 0 Å². The quantitative estimate of drug-likeness (QED) is 0.882. The number of ether oxygens (including phenoxy) is 1. The summed E-state index contributed by atoms with van der Waals surface area (Å²) in [6.45, 7) is -0.0795. The number of rotatable bonds is 3. The van der Waals surface area contributed by atoms with Crippen LogP contribution in [0.1, 0.15) is 5.69 Å². The van der Waals surface area contributed by atoms with Gasteiger partial charge in [0.25, 0.3) is 0 Å². The fourth-order valence-electron chi connectivity index (χ4n) is 1.23. The second-order valence-corrected chi connectivity index (χ2v) is 4.43. The second kappa shape index (κ2) is 5.27. The number of aromatic nitrogens is 1. The molecule has 1 N–H and O–H groups in total. The first-order valence-electron chi connectivity index (χ1n) is 4.78. The Kier molecular flexibility index (Phi) is 3.74. The van der Waals surface area contributed by atoms with Crippen molar-refractivity contribution in [2.24, 2.45) is 0 Å². The van der Waals surface area contributed by atoms with Crippen LogP contribution >= 0.6 is 22.6 Å². The second-order valence-electron chi connectivity index (χ2n) is 3.18. The molecule has 0 unspecified atom stereocenters. The summed E-state index contributed by atoms with van der Waals surface area (Å²) in [6, 6.07) is 13.0. The number of benzene rings is 1. The third-order valence-corrected chi connectivity index (χ3v) is 2.70. The average molecular weight is 327 g/mol. The van der Waals surface area contributed by atoms with Crippen LogP contribution in [0.3, 0.4) is 0 Å². The zero-order valence-corrected chi connectivity index (χ0v) is 10.6. The lowest BCUT2D eigenvalue weighted by molar-refractivity contribution is 0.275. The number of pyridine rings is 1. The summed E-state index contributed by atoms with van der Waals surface area (Å²) in [5.41, 5.74) is 0.600. The van der Waals surface area contributed by atoms with E-state index in [4.69, 9.17) is 9.84 Å². The number of aliphatic hydroxyl groups is 1. The monoisotopic (exact) mass is 327 g/mol. The van der Waals surface area contributed by atoms with Gasteiger partial charge < -0.3 is 9.84 Å². The normalized spacial score (nSPS) is 10.1.